The van der Waals surface area contributed by atoms with Crippen LogP contribution in [0.4, 0.5) is 0 Å². The number of ketones is 1. The van der Waals surface area contributed by atoms with E-state index in [1.807, 2.05) is 43.3 Å². The minimum Gasteiger partial charge on any atom is -0.295 e. The lowest BCUT2D eigenvalue weighted by atomic mass is 10.0. The molecule has 1 aliphatic rings. The van der Waals surface area contributed by atoms with E-state index >= 15 is 0 Å². The van der Waals surface area contributed by atoms with Crippen LogP contribution >= 0.6 is 11.8 Å². The van der Waals surface area contributed by atoms with Gasteiger partial charge < -0.3 is 0 Å². The van der Waals surface area contributed by atoms with Crippen LogP contribution in [0.5, 0.6) is 0 Å². The molecular formula is C16H16N2O2S. The minimum atomic E-state index is -0.803. The number of carbonyl (C=O) groups is 2. The standard InChI is InChI=1S/C16H16N2O2S/c1-10-9-12(11-7-5-4-6-8-11)17-18(10)13-14(19)16(2,3)21-15(13)20/h4-9,13H,1-3H3. The van der Waals surface area contributed by atoms with E-state index in [0.717, 1.165) is 28.7 Å². The smallest absolute Gasteiger partial charge is 0.222 e. The lowest BCUT2D eigenvalue weighted by molar-refractivity contribution is -0.127. The number of nitrogens with zero attached hydrogens (tertiary/aromatic N) is 2. The quantitative estimate of drug-likeness (QED) is 0.800. The molecule has 0 radical (unpaired) electrons. The van der Waals surface area contributed by atoms with Crippen molar-refractivity contribution in [1.29, 1.82) is 0 Å². The minimum absolute atomic E-state index is 0.0803. The van der Waals surface area contributed by atoms with Gasteiger partial charge in [0.2, 0.25) is 5.12 Å². The van der Waals surface area contributed by atoms with Gasteiger partial charge in [0.15, 0.2) is 11.8 Å². The fourth-order valence-electron chi connectivity index (χ4n) is 2.50. The average molecular weight is 300 g/mol. The average Bonchev–Trinajstić information content (AvgIpc) is 2.90. The van der Waals surface area contributed by atoms with Gasteiger partial charge in [-0.2, -0.15) is 5.10 Å². The summed E-state index contributed by atoms with van der Waals surface area (Å²) in [6, 6.07) is 10.8. The Bertz CT molecular complexity index is 719. The van der Waals surface area contributed by atoms with Gasteiger partial charge in [0.05, 0.1) is 10.4 Å². The summed E-state index contributed by atoms with van der Waals surface area (Å²) in [7, 11) is 0. The molecule has 2 heterocycles. The Labute approximate surface area is 127 Å². The molecule has 0 bridgehead atoms. The maximum Gasteiger partial charge on any atom is 0.222 e. The summed E-state index contributed by atoms with van der Waals surface area (Å²) in [4.78, 5) is 24.6. The molecule has 2 aromatic rings. The summed E-state index contributed by atoms with van der Waals surface area (Å²) in [5, 5.41) is 4.36. The fourth-order valence-corrected chi connectivity index (χ4v) is 3.54. The Hall–Kier alpha value is -1.88. The second-order valence-electron chi connectivity index (χ2n) is 5.68. The summed E-state index contributed by atoms with van der Waals surface area (Å²) < 4.78 is 0.891. The van der Waals surface area contributed by atoms with Gasteiger partial charge in [-0.25, -0.2) is 0 Å². The van der Waals surface area contributed by atoms with Crippen molar-refractivity contribution in [3.05, 3.63) is 42.1 Å². The molecule has 0 spiro atoms. The van der Waals surface area contributed by atoms with Gasteiger partial charge in [-0.15, -0.1) is 0 Å². The zero-order valence-electron chi connectivity index (χ0n) is 12.2. The first kappa shape index (κ1) is 14.1. The molecule has 108 valence electrons. The molecule has 0 saturated carbocycles. The summed E-state index contributed by atoms with van der Waals surface area (Å²) in [5.41, 5.74) is 2.58. The van der Waals surface area contributed by atoms with Crippen LogP contribution in [0.25, 0.3) is 11.3 Å². The highest BCUT2D eigenvalue weighted by molar-refractivity contribution is 8.16. The number of thioether (sulfide) groups is 1. The van der Waals surface area contributed by atoms with Crippen LogP contribution in [0.3, 0.4) is 0 Å². The number of hydrogen-bond donors (Lipinski definition) is 0. The summed E-state index contributed by atoms with van der Waals surface area (Å²) in [6.45, 7) is 5.44. The van der Waals surface area contributed by atoms with Gasteiger partial charge in [0.1, 0.15) is 0 Å². The molecule has 1 fully saturated rings. The van der Waals surface area contributed by atoms with Gasteiger partial charge in [-0.3, -0.25) is 14.3 Å². The Morgan fingerprint density at radius 1 is 1.19 bits per heavy atom. The highest BCUT2D eigenvalue weighted by Crippen LogP contribution is 2.42. The molecule has 1 aromatic carbocycles. The van der Waals surface area contributed by atoms with Crippen molar-refractivity contribution in [2.75, 3.05) is 0 Å². The number of aromatic nitrogens is 2. The van der Waals surface area contributed by atoms with Crippen molar-refractivity contribution >= 4 is 22.7 Å². The largest absolute Gasteiger partial charge is 0.295 e. The van der Waals surface area contributed by atoms with Crippen LogP contribution in [0.15, 0.2) is 36.4 Å². The number of Topliss-reactive ketones (excluding diaryl/α,β-unsaturated/α-hetero) is 1. The van der Waals surface area contributed by atoms with Crippen molar-refractivity contribution in [3.63, 3.8) is 0 Å². The van der Waals surface area contributed by atoms with E-state index in [2.05, 4.69) is 5.10 Å². The third-order valence-corrected chi connectivity index (χ3v) is 4.79. The van der Waals surface area contributed by atoms with E-state index in [1.165, 1.54) is 0 Å². The van der Waals surface area contributed by atoms with Crippen LogP contribution in [-0.4, -0.2) is 25.4 Å². The van der Waals surface area contributed by atoms with Gasteiger partial charge in [0, 0.05) is 11.3 Å². The monoisotopic (exact) mass is 300 g/mol. The Morgan fingerprint density at radius 2 is 1.86 bits per heavy atom. The molecule has 1 aliphatic heterocycles. The predicted octanol–water partition coefficient (Wildman–Crippen LogP) is 3.02. The van der Waals surface area contributed by atoms with Crippen LogP contribution in [-0.2, 0) is 9.59 Å². The van der Waals surface area contributed by atoms with Crippen LogP contribution in [0.2, 0.25) is 0 Å². The molecule has 0 amide bonds. The molecule has 5 heteroatoms. The fraction of sp³-hybridized carbons (Fsp3) is 0.312. The molecule has 0 aliphatic carbocycles. The van der Waals surface area contributed by atoms with E-state index in [-0.39, 0.29) is 10.9 Å². The maximum atomic E-state index is 12.4. The van der Waals surface area contributed by atoms with Gasteiger partial charge in [-0.05, 0) is 26.8 Å². The third-order valence-electron chi connectivity index (χ3n) is 3.66. The van der Waals surface area contributed by atoms with E-state index in [9.17, 15) is 9.59 Å². The molecule has 1 unspecified atom stereocenters. The molecule has 0 N–H and O–H groups in total. The van der Waals surface area contributed by atoms with Crippen LogP contribution in [0.1, 0.15) is 25.6 Å². The molecule has 1 saturated heterocycles. The van der Waals surface area contributed by atoms with Crippen molar-refractivity contribution in [2.24, 2.45) is 0 Å². The highest BCUT2D eigenvalue weighted by atomic mass is 32.2. The summed E-state index contributed by atoms with van der Waals surface area (Å²) in [6.07, 6.45) is 0. The lowest BCUT2D eigenvalue weighted by Gasteiger charge is -2.14. The molecule has 1 atom stereocenters. The van der Waals surface area contributed by atoms with E-state index in [0.29, 0.717) is 0 Å². The van der Waals surface area contributed by atoms with Crippen molar-refractivity contribution < 1.29 is 9.59 Å². The van der Waals surface area contributed by atoms with Gasteiger partial charge >= 0.3 is 0 Å². The number of rotatable bonds is 2. The number of carbonyl (C=O) groups excluding carboxylic acids is 2. The van der Waals surface area contributed by atoms with Crippen molar-refractivity contribution in [3.8, 4) is 11.3 Å². The second-order valence-corrected chi connectivity index (χ2v) is 7.31. The number of hydrogen-bond acceptors (Lipinski definition) is 4. The summed E-state index contributed by atoms with van der Waals surface area (Å²) >= 11 is 1.10. The number of benzene rings is 1. The Balaban J connectivity index is 2.03. The topological polar surface area (TPSA) is 52.0 Å². The lowest BCUT2D eigenvalue weighted by Crippen LogP contribution is -2.30. The molecule has 3 rings (SSSR count). The first-order chi connectivity index (χ1) is 9.90. The molecule has 4 nitrogen and oxygen atoms in total. The van der Waals surface area contributed by atoms with Gasteiger partial charge in [0.25, 0.3) is 0 Å². The normalized spacial score (nSPS) is 21.0. The number of aryl methyl sites for hydroxylation is 1. The van der Waals surface area contributed by atoms with Crippen molar-refractivity contribution in [1.82, 2.24) is 9.78 Å². The van der Waals surface area contributed by atoms with Crippen LogP contribution < -0.4 is 0 Å². The van der Waals surface area contributed by atoms with E-state index < -0.39 is 10.8 Å². The SMILES string of the molecule is Cc1cc(-c2ccccc2)nn1C1C(=O)SC(C)(C)C1=O. The molecule has 1 aromatic heterocycles. The van der Waals surface area contributed by atoms with Crippen molar-refractivity contribution in [2.45, 2.75) is 31.6 Å². The van der Waals surface area contributed by atoms with E-state index in [1.54, 1.807) is 18.5 Å². The highest BCUT2D eigenvalue weighted by Gasteiger charge is 2.49. The zero-order chi connectivity index (χ0) is 15.2. The van der Waals surface area contributed by atoms with Gasteiger partial charge in [-0.1, -0.05) is 42.1 Å². The molecular weight excluding hydrogens is 284 g/mol. The first-order valence-corrected chi connectivity index (χ1v) is 7.60. The summed E-state index contributed by atoms with van der Waals surface area (Å²) in [5.74, 6) is -0.0803. The maximum absolute atomic E-state index is 12.4. The van der Waals surface area contributed by atoms with Crippen LogP contribution in [0, 0.1) is 6.92 Å². The zero-order valence-corrected chi connectivity index (χ0v) is 13.0. The first-order valence-electron chi connectivity index (χ1n) is 6.79. The Kier molecular flexibility index (Phi) is 3.24. The predicted molar refractivity (Wildman–Crippen MR) is 83.1 cm³/mol. The Morgan fingerprint density at radius 3 is 2.43 bits per heavy atom. The molecule has 21 heavy (non-hydrogen) atoms. The third kappa shape index (κ3) is 2.31. The van der Waals surface area contributed by atoms with E-state index in [4.69, 9.17) is 0 Å². The second kappa shape index (κ2) is 4.84.